The Labute approximate surface area is 139 Å². The highest BCUT2D eigenvalue weighted by Gasteiger charge is 2.16. The van der Waals surface area contributed by atoms with Crippen molar-refractivity contribution in [3.8, 4) is 0 Å². The first kappa shape index (κ1) is 16.6. The molecular formula is C17H20FN3O3. The molecule has 0 saturated carbocycles. The zero-order valence-corrected chi connectivity index (χ0v) is 13.5. The summed E-state index contributed by atoms with van der Waals surface area (Å²) >= 11 is 0. The van der Waals surface area contributed by atoms with E-state index in [1.54, 1.807) is 25.1 Å². The molecule has 1 saturated heterocycles. The number of halogens is 1. The normalized spacial score (nSPS) is 15.4. The van der Waals surface area contributed by atoms with Gasteiger partial charge in [0.15, 0.2) is 11.5 Å². The van der Waals surface area contributed by atoms with Gasteiger partial charge in [-0.15, -0.1) is 0 Å². The average molecular weight is 333 g/mol. The van der Waals surface area contributed by atoms with Crippen molar-refractivity contribution < 1.29 is 18.4 Å². The zero-order chi connectivity index (χ0) is 16.9. The minimum absolute atomic E-state index is 0.228. The van der Waals surface area contributed by atoms with E-state index < -0.39 is 0 Å². The van der Waals surface area contributed by atoms with Crippen molar-refractivity contribution in [2.75, 3.05) is 26.3 Å². The van der Waals surface area contributed by atoms with E-state index in [1.807, 2.05) is 0 Å². The second-order valence-corrected chi connectivity index (χ2v) is 5.83. The number of hydrogen-bond donors (Lipinski definition) is 1. The van der Waals surface area contributed by atoms with E-state index >= 15 is 0 Å². The average Bonchev–Trinajstić information content (AvgIpc) is 3.05. The van der Waals surface area contributed by atoms with Gasteiger partial charge in [-0.1, -0.05) is 17.3 Å². The Balaban J connectivity index is 1.54. The smallest absolute Gasteiger partial charge is 0.273 e. The monoisotopic (exact) mass is 333 g/mol. The molecule has 7 heteroatoms. The van der Waals surface area contributed by atoms with E-state index in [9.17, 15) is 9.18 Å². The highest BCUT2D eigenvalue weighted by molar-refractivity contribution is 5.92. The van der Waals surface area contributed by atoms with Crippen molar-refractivity contribution in [2.24, 2.45) is 0 Å². The van der Waals surface area contributed by atoms with Crippen molar-refractivity contribution in [1.29, 1.82) is 0 Å². The molecule has 2 heterocycles. The van der Waals surface area contributed by atoms with Gasteiger partial charge in [0.1, 0.15) is 5.82 Å². The fourth-order valence-electron chi connectivity index (χ4n) is 2.49. The highest BCUT2D eigenvalue weighted by atomic mass is 19.1. The van der Waals surface area contributed by atoms with Crippen LogP contribution in [-0.4, -0.2) is 42.3 Å². The zero-order valence-electron chi connectivity index (χ0n) is 13.5. The summed E-state index contributed by atoms with van der Waals surface area (Å²) in [5, 5.41) is 6.52. The Morgan fingerprint density at radius 3 is 2.88 bits per heavy atom. The lowest BCUT2D eigenvalue weighted by Gasteiger charge is -2.25. The Morgan fingerprint density at radius 2 is 2.12 bits per heavy atom. The number of aryl methyl sites for hydroxylation is 1. The molecule has 1 aliphatic rings. The SMILES string of the molecule is Cc1ccc(CNC(=O)c2cc(CN3CCOCC3)on2)cc1F. The van der Waals surface area contributed by atoms with Gasteiger partial charge in [-0.2, -0.15) is 0 Å². The summed E-state index contributed by atoms with van der Waals surface area (Å²) in [7, 11) is 0. The van der Waals surface area contributed by atoms with E-state index in [2.05, 4.69) is 15.4 Å². The first-order chi connectivity index (χ1) is 11.6. The molecule has 1 amide bonds. The maximum absolute atomic E-state index is 13.5. The third-order valence-corrected chi connectivity index (χ3v) is 3.96. The maximum Gasteiger partial charge on any atom is 0.273 e. The number of carbonyl (C=O) groups excluding carboxylic acids is 1. The van der Waals surface area contributed by atoms with Crippen LogP contribution in [0.5, 0.6) is 0 Å². The van der Waals surface area contributed by atoms with E-state index in [1.165, 1.54) is 6.07 Å². The van der Waals surface area contributed by atoms with Crippen LogP contribution in [0.15, 0.2) is 28.8 Å². The molecule has 0 aliphatic carbocycles. The molecule has 128 valence electrons. The molecule has 6 nitrogen and oxygen atoms in total. The van der Waals surface area contributed by atoms with Crippen molar-refractivity contribution in [3.63, 3.8) is 0 Å². The van der Waals surface area contributed by atoms with Gasteiger partial charge >= 0.3 is 0 Å². The van der Waals surface area contributed by atoms with Gasteiger partial charge in [-0.05, 0) is 24.1 Å². The summed E-state index contributed by atoms with van der Waals surface area (Å²) in [5.41, 5.74) is 1.50. The number of aromatic nitrogens is 1. The standard InChI is InChI=1S/C17H20FN3O3/c1-12-2-3-13(8-15(12)18)10-19-17(22)16-9-14(24-20-16)11-21-4-6-23-7-5-21/h2-3,8-9H,4-7,10-11H2,1H3,(H,19,22). The first-order valence-electron chi connectivity index (χ1n) is 7.91. The molecular weight excluding hydrogens is 313 g/mol. The van der Waals surface area contributed by atoms with Crippen molar-refractivity contribution in [2.45, 2.75) is 20.0 Å². The molecule has 1 N–H and O–H groups in total. The number of hydrogen-bond acceptors (Lipinski definition) is 5. The molecule has 1 aromatic carbocycles. The van der Waals surface area contributed by atoms with Crippen LogP contribution in [0.4, 0.5) is 4.39 Å². The Morgan fingerprint density at radius 1 is 1.33 bits per heavy atom. The van der Waals surface area contributed by atoms with Crippen molar-refractivity contribution in [3.05, 3.63) is 52.7 Å². The molecule has 24 heavy (non-hydrogen) atoms. The molecule has 3 rings (SSSR count). The number of ether oxygens (including phenoxy) is 1. The number of benzene rings is 1. The molecule has 0 radical (unpaired) electrons. The van der Waals surface area contributed by atoms with Gasteiger partial charge in [0.05, 0.1) is 19.8 Å². The van der Waals surface area contributed by atoms with Crippen LogP contribution in [0.2, 0.25) is 0 Å². The van der Waals surface area contributed by atoms with Crippen LogP contribution in [0.3, 0.4) is 0 Å². The lowest BCUT2D eigenvalue weighted by molar-refractivity contribution is 0.0305. The highest BCUT2D eigenvalue weighted by Crippen LogP contribution is 2.11. The van der Waals surface area contributed by atoms with Crippen molar-refractivity contribution in [1.82, 2.24) is 15.4 Å². The minimum atomic E-state index is -0.340. The van der Waals surface area contributed by atoms with Crippen LogP contribution in [0.1, 0.15) is 27.4 Å². The molecule has 1 fully saturated rings. The fraction of sp³-hybridized carbons (Fsp3) is 0.412. The third kappa shape index (κ3) is 4.18. The van der Waals surface area contributed by atoms with E-state index in [0.717, 1.165) is 13.1 Å². The number of nitrogens with zero attached hydrogens (tertiary/aromatic N) is 2. The first-order valence-corrected chi connectivity index (χ1v) is 7.91. The van der Waals surface area contributed by atoms with Crippen LogP contribution in [0, 0.1) is 12.7 Å². The summed E-state index contributed by atoms with van der Waals surface area (Å²) < 4.78 is 24.0. The molecule has 1 aliphatic heterocycles. The lowest BCUT2D eigenvalue weighted by Crippen LogP contribution is -2.35. The van der Waals surface area contributed by atoms with E-state index in [-0.39, 0.29) is 24.0 Å². The van der Waals surface area contributed by atoms with Gasteiger partial charge in [0.2, 0.25) is 0 Å². The van der Waals surface area contributed by atoms with Gasteiger partial charge in [-0.3, -0.25) is 9.69 Å². The Kier molecular flexibility index (Phi) is 5.22. The number of rotatable bonds is 5. The van der Waals surface area contributed by atoms with Crippen LogP contribution in [0.25, 0.3) is 0 Å². The summed E-state index contributed by atoms with van der Waals surface area (Å²) in [6.45, 7) is 5.61. The predicted octanol–water partition coefficient (Wildman–Crippen LogP) is 1.88. The number of carbonyl (C=O) groups is 1. The van der Waals surface area contributed by atoms with Crippen LogP contribution < -0.4 is 5.32 Å². The van der Waals surface area contributed by atoms with E-state index in [0.29, 0.717) is 36.6 Å². The minimum Gasteiger partial charge on any atom is -0.379 e. The largest absolute Gasteiger partial charge is 0.379 e. The summed E-state index contributed by atoms with van der Waals surface area (Å²) in [6.07, 6.45) is 0. The van der Waals surface area contributed by atoms with Crippen LogP contribution in [-0.2, 0) is 17.8 Å². The van der Waals surface area contributed by atoms with E-state index in [4.69, 9.17) is 9.26 Å². The molecule has 1 aromatic heterocycles. The van der Waals surface area contributed by atoms with Crippen LogP contribution >= 0.6 is 0 Å². The molecule has 0 bridgehead atoms. The third-order valence-electron chi connectivity index (χ3n) is 3.96. The summed E-state index contributed by atoms with van der Waals surface area (Å²) in [6, 6.07) is 6.53. The quantitative estimate of drug-likeness (QED) is 0.905. The van der Waals surface area contributed by atoms with Gasteiger partial charge < -0.3 is 14.6 Å². The molecule has 0 unspecified atom stereocenters. The Bertz CT molecular complexity index is 711. The molecule has 0 spiro atoms. The predicted molar refractivity (Wildman–Crippen MR) is 84.9 cm³/mol. The fourth-order valence-corrected chi connectivity index (χ4v) is 2.49. The number of morpholine rings is 1. The maximum atomic E-state index is 13.5. The summed E-state index contributed by atoms with van der Waals surface area (Å²) in [4.78, 5) is 14.3. The topological polar surface area (TPSA) is 67.6 Å². The Hall–Kier alpha value is -2.25. The van der Waals surface area contributed by atoms with Crippen molar-refractivity contribution >= 4 is 5.91 Å². The number of amides is 1. The molecule has 0 atom stereocenters. The number of nitrogens with one attached hydrogen (secondary N) is 1. The van der Waals surface area contributed by atoms with Gasteiger partial charge in [-0.25, -0.2) is 4.39 Å². The lowest BCUT2D eigenvalue weighted by atomic mass is 10.1. The molecule has 2 aromatic rings. The summed E-state index contributed by atoms with van der Waals surface area (Å²) in [5.74, 6) is 0.0207. The van der Waals surface area contributed by atoms with Gasteiger partial charge in [0, 0.05) is 25.7 Å². The second kappa shape index (κ2) is 7.55. The van der Waals surface area contributed by atoms with Gasteiger partial charge in [0.25, 0.3) is 5.91 Å². The second-order valence-electron chi connectivity index (χ2n) is 5.83.